The minimum Gasteiger partial charge on any atom is -0.497 e. The van der Waals surface area contributed by atoms with E-state index in [4.69, 9.17) is 21.4 Å². The molecule has 0 radical (unpaired) electrons. The lowest BCUT2D eigenvalue weighted by Crippen LogP contribution is -2.03. The number of hydrogen-bond acceptors (Lipinski definition) is 4. The number of aryl methyl sites for hydroxylation is 1. The molecule has 0 aliphatic heterocycles. The fourth-order valence-electron chi connectivity index (χ4n) is 1.82. The van der Waals surface area contributed by atoms with E-state index in [2.05, 4.69) is 10.3 Å². The number of methoxy groups -OCH3 is 1. The molecule has 0 saturated heterocycles. The highest BCUT2D eigenvalue weighted by Crippen LogP contribution is 2.29. The van der Waals surface area contributed by atoms with Crippen LogP contribution in [0.2, 0.25) is 5.02 Å². The van der Waals surface area contributed by atoms with Crippen molar-refractivity contribution in [2.24, 2.45) is 0 Å². The van der Waals surface area contributed by atoms with Crippen LogP contribution in [0.25, 0.3) is 0 Å². The number of carbonyl (C=O) groups is 1. The summed E-state index contributed by atoms with van der Waals surface area (Å²) in [7, 11) is 1.56. The summed E-state index contributed by atoms with van der Waals surface area (Å²) in [5.74, 6) is 0.0841. The number of benzene rings is 1. The predicted molar refractivity (Wildman–Crippen MR) is 81.9 cm³/mol. The van der Waals surface area contributed by atoms with Crippen molar-refractivity contribution in [3.63, 3.8) is 0 Å². The number of halogens is 1. The van der Waals surface area contributed by atoms with Crippen molar-refractivity contribution in [1.82, 2.24) is 4.98 Å². The van der Waals surface area contributed by atoms with Gasteiger partial charge in [-0.05, 0) is 30.7 Å². The van der Waals surface area contributed by atoms with E-state index in [1.54, 1.807) is 31.4 Å². The lowest BCUT2D eigenvalue weighted by molar-refractivity contribution is 0.0696. The van der Waals surface area contributed by atoms with Crippen LogP contribution in [-0.2, 0) is 6.42 Å². The first kappa shape index (κ1) is 15.1. The third kappa shape index (κ3) is 3.64. The summed E-state index contributed by atoms with van der Waals surface area (Å²) in [5, 5.41) is 12.7. The maximum Gasteiger partial charge on any atom is 0.335 e. The van der Waals surface area contributed by atoms with Crippen molar-refractivity contribution in [1.29, 1.82) is 0 Å². The largest absolute Gasteiger partial charge is 0.497 e. The zero-order valence-corrected chi connectivity index (χ0v) is 12.4. The molecule has 5 nitrogen and oxygen atoms in total. The molecule has 1 aromatic carbocycles. The van der Waals surface area contributed by atoms with Crippen molar-refractivity contribution >= 4 is 29.1 Å². The number of nitrogens with one attached hydrogen (secondary N) is 1. The highest BCUT2D eigenvalue weighted by Gasteiger charge is 2.10. The summed E-state index contributed by atoms with van der Waals surface area (Å²) >= 11 is 6.12. The summed E-state index contributed by atoms with van der Waals surface area (Å²) in [4.78, 5) is 15.5. The van der Waals surface area contributed by atoms with Crippen LogP contribution in [0.15, 0.2) is 30.3 Å². The lowest BCUT2D eigenvalue weighted by atomic mass is 10.2. The smallest absolute Gasteiger partial charge is 0.335 e. The average molecular weight is 307 g/mol. The fourth-order valence-corrected chi connectivity index (χ4v) is 1.99. The average Bonchev–Trinajstić information content (AvgIpc) is 2.49. The number of carboxylic acids is 1. The van der Waals surface area contributed by atoms with E-state index >= 15 is 0 Å². The van der Waals surface area contributed by atoms with Gasteiger partial charge in [-0.3, -0.25) is 0 Å². The first-order valence-electron chi connectivity index (χ1n) is 6.38. The molecule has 6 heteroatoms. The first-order chi connectivity index (χ1) is 10.0. The number of rotatable bonds is 5. The van der Waals surface area contributed by atoms with E-state index in [-0.39, 0.29) is 5.56 Å². The van der Waals surface area contributed by atoms with Gasteiger partial charge < -0.3 is 15.2 Å². The number of aromatic carboxylic acids is 1. The van der Waals surface area contributed by atoms with Crippen molar-refractivity contribution in [2.45, 2.75) is 13.3 Å². The minimum atomic E-state index is -0.994. The van der Waals surface area contributed by atoms with Crippen LogP contribution < -0.4 is 10.1 Å². The molecule has 0 bridgehead atoms. The van der Waals surface area contributed by atoms with E-state index in [9.17, 15) is 4.79 Å². The molecule has 0 aliphatic carbocycles. The number of pyridine rings is 1. The van der Waals surface area contributed by atoms with Crippen LogP contribution in [0.4, 0.5) is 11.5 Å². The summed E-state index contributed by atoms with van der Waals surface area (Å²) < 4.78 is 5.14. The Balaban J connectivity index is 2.39. The van der Waals surface area contributed by atoms with Crippen LogP contribution in [0.3, 0.4) is 0 Å². The zero-order valence-electron chi connectivity index (χ0n) is 11.7. The number of anilines is 2. The van der Waals surface area contributed by atoms with Gasteiger partial charge in [-0.1, -0.05) is 18.5 Å². The second-order valence-electron chi connectivity index (χ2n) is 4.36. The molecule has 1 aromatic heterocycles. The van der Waals surface area contributed by atoms with E-state index < -0.39 is 5.97 Å². The Morgan fingerprint density at radius 2 is 2.14 bits per heavy atom. The molecule has 0 spiro atoms. The molecule has 21 heavy (non-hydrogen) atoms. The Bertz CT molecular complexity index is 674. The molecule has 110 valence electrons. The molecule has 0 atom stereocenters. The van der Waals surface area contributed by atoms with Crippen LogP contribution in [0.5, 0.6) is 5.75 Å². The van der Waals surface area contributed by atoms with E-state index in [1.807, 2.05) is 6.92 Å². The summed E-state index contributed by atoms with van der Waals surface area (Å²) in [6.07, 6.45) is 0.641. The Kier molecular flexibility index (Phi) is 4.65. The van der Waals surface area contributed by atoms with Crippen molar-refractivity contribution < 1.29 is 14.6 Å². The molecule has 0 fully saturated rings. The molecule has 2 N–H and O–H groups in total. The quantitative estimate of drug-likeness (QED) is 0.880. The molecule has 2 aromatic rings. The van der Waals surface area contributed by atoms with Crippen molar-refractivity contribution in [3.05, 3.63) is 46.6 Å². The molecular weight excluding hydrogens is 292 g/mol. The second-order valence-corrected chi connectivity index (χ2v) is 4.77. The Morgan fingerprint density at radius 1 is 1.38 bits per heavy atom. The summed E-state index contributed by atoms with van der Waals surface area (Å²) in [6, 6.07) is 8.19. The Labute approximate surface area is 127 Å². The Morgan fingerprint density at radius 3 is 2.76 bits per heavy atom. The van der Waals surface area contributed by atoms with Crippen molar-refractivity contribution in [3.8, 4) is 5.75 Å². The van der Waals surface area contributed by atoms with Gasteiger partial charge in [0.2, 0.25) is 0 Å². The fraction of sp³-hybridized carbons (Fsp3) is 0.200. The van der Waals surface area contributed by atoms with Crippen LogP contribution >= 0.6 is 11.6 Å². The maximum atomic E-state index is 11.1. The zero-order chi connectivity index (χ0) is 15.4. The van der Waals surface area contributed by atoms with Gasteiger partial charge in [0.25, 0.3) is 0 Å². The summed E-state index contributed by atoms with van der Waals surface area (Å²) in [5.41, 5.74) is 1.48. The minimum absolute atomic E-state index is 0.184. The first-order valence-corrected chi connectivity index (χ1v) is 6.76. The van der Waals surface area contributed by atoms with E-state index in [0.717, 1.165) is 0 Å². The third-order valence-electron chi connectivity index (χ3n) is 2.92. The van der Waals surface area contributed by atoms with Gasteiger partial charge >= 0.3 is 5.97 Å². The molecule has 0 aliphatic rings. The predicted octanol–water partition coefficient (Wildman–Crippen LogP) is 3.75. The second kappa shape index (κ2) is 6.45. The summed E-state index contributed by atoms with van der Waals surface area (Å²) in [6.45, 7) is 1.91. The number of ether oxygens (including phenoxy) is 1. The van der Waals surface area contributed by atoms with E-state index in [1.165, 1.54) is 6.07 Å². The SMILES string of the molecule is CCc1cc(C(=O)O)cc(Nc2cc(OC)ccc2Cl)n1. The number of aromatic nitrogens is 1. The number of carboxylic acid groups (broad SMARTS) is 1. The normalized spacial score (nSPS) is 10.2. The molecule has 0 saturated carbocycles. The number of nitrogens with zero attached hydrogens (tertiary/aromatic N) is 1. The van der Waals surface area contributed by atoms with Gasteiger partial charge in [0.15, 0.2) is 0 Å². The van der Waals surface area contributed by atoms with Gasteiger partial charge in [-0.25, -0.2) is 9.78 Å². The van der Waals surface area contributed by atoms with Gasteiger partial charge in [0, 0.05) is 11.8 Å². The van der Waals surface area contributed by atoms with Crippen LogP contribution in [0, 0.1) is 0 Å². The molecular formula is C15H15ClN2O3. The van der Waals surface area contributed by atoms with Crippen molar-refractivity contribution in [2.75, 3.05) is 12.4 Å². The topological polar surface area (TPSA) is 71.5 Å². The third-order valence-corrected chi connectivity index (χ3v) is 3.25. The highest BCUT2D eigenvalue weighted by molar-refractivity contribution is 6.33. The van der Waals surface area contributed by atoms with Gasteiger partial charge in [0.1, 0.15) is 11.6 Å². The lowest BCUT2D eigenvalue weighted by Gasteiger charge is -2.11. The maximum absolute atomic E-state index is 11.1. The molecule has 1 heterocycles. The van der Waals surface area contributed by atoms with E-state index in [0.29, 0.717) is 34.4 Å². The molecule has 0 unspecified atom stereocenters. The van der Waals surface area contributed by atoms with Gasteiger partial charge in [-0.2, -0.15) is 0 Å². The monoisotopic (exact) mass is 306 g/mol. The number of hydrogen-bond donors (Lipinski definition) is 2. The van der Waals surface area contributed by atoms with Gasteiger partial charge in [0.05, 0.1) is 23.4 Å². The van der Waals surface area contributed by atoms with Crippen LogP contribution in [-0.4, -0.2) is 23.2 Å². The standard InChI is InChI=1S/C15H15ClN2O3/c1-3-10-6-9(15(19)20)7-14(17-10)18-13-8-11(21-2)4-5-12(13)16/h4-8H,3H2,1-2H3,(H,17,18)(H,19,20). The van der Waals surface area contributed by atoms with Gasteiger partial charge in [-0.15, -0.1) is 0 Å². The Hall–Kier alpha value is -2.27. The molecule has 2 rings (SSSR count). The molecule has 0 amide bonds. The van der Waals surface area contributed by atoms with Crippen LogP contribution in [0.1, 0.15) is 23.0 Å². The highest BCUT2D eigenvalue weighted by atomic mass is 35.5.